The van der Waals surface area contributed by atoms with Crippen molar-refractivity contribution in [3.05, 3.63) is 0 Å². The molecule has 0 aromatic rings. The van der Waals surface area contributed by atoms with Crippen molar-refractivity contribution in [2.75, 3.05) is 13.1 Å². The fraction of sp³-hybridized carbons (Fsp3) is 0.941. The Morgan fingerprint density at radius 1 is 1.33 bits per heavy atom. The number of unbranched alkanes of at least 4 members (excludes halogenated alkanes) is 1. The van der Waals surface area contributed by atoms with Gasteiger partial charge in [0, 0.05) is 18.6 Å². The second-order valence-corrected chi connectivity index (χ2v) is 7.26. The highest BCUT2D eigenvalue weighted by Crippen LogP contribution is 2.28. The van der Waals surface area contributed by atoms with Crippen molar-refractivity contribution in [3.63, 3.8) is 0 Å². The molecule has 0 saturated heterocycles. The molecular formula is C17H34N2O2. The Morgan fingerprint density at radius 3 is 2.52 bits per heavy atom. The lowest BCUT2D eigenvalue weighted by Crippen LogP contribution is -2.40. The molecule has 1 N–H and O–H groups in total. The first-order valence-electron chi connectivity index (χ1n) is 8.56. The number of carbonyl (C=O) groups excluding carboxylic acids is 1. The van der Waals surface area contributed by atoms with Gasteiger partial charge in [-0.3, -0.25) is 0 Å². The molecule has 21 heavy (non-hydrogen) atoms. The molecule has 1 fully saturated rings. The molecule has 0 spiro atoms. The van der Waals surface area contributed by atoms with Crippen molar-refractivity contribution in [1.29, 1.82) is 0 Å². The molecule has 1 rings (SSSR count). The largest absolute Gasteiger partial charge is 0.444 e. The fourth-order valence-electron chi connectivity index (χ4n) is 2.34. The summed E-state index contributed by atoms with van der Waals surface area (Å²) in [6.45, 7) is 12.0. The summed E-state index contributed by atoms with van der Waals surface area (Å²) in [6.07, 6.45) is 6.85. The molecule has 4 nitrogen and oxygen atoms in total. The van der Waals surface area contributed by atoms with Gasteiger partial charge >= 0.3 is 6.09 Å². The molecule has 1 saturated carbocycles. The molecule has 0 radical (unpaired) electrons. The van der Waals surface area contributed by atoms with Crippen LogP contribution >= 0.6 is 0 Å². The van der Waals surface area contributed by atoms with Crippen molar-refractivity contribution in [2.45, 2.75) is 90.8 Å². The van der Waals surface area contributed by atoms with Crippen LogP contribution in [0.2, 0.25) is 0 Å². The van der Waals surface area contributed by atoms with E-state index < -0.39 is 5.60 Å². The quantitative estimate of drug-likeness (QED) is 0.655. The van der Waals surface area contributed by atoms with Crippen LogP contribution in [0.3, 0.4) is 0 Å². The second kappa shape index (κ2) is 8.62. The maximum absolute atomic E-state index is 12.2. The lowest BCUT2D eigenvalue weighted by atomic mass is 10.1. The molecule has 1 aliphatic rings. The van der Waals surface area contributed by atoms with Crippen molar-refractivity contribution >= 4 is 6.09 Å². The summed E-state index contributed by atoms with van der Waals surface area (Å²) in [5, 5.41) is 3.54. The van der Waals surface area contributed by atoms with E-state index in [-0.39, 0.29) is 6.09 Å². The van der Waals surface area contributed by atoms with Gasteiger partial charge in [-0.15, -0.1) is 0 Å². The Morgan fingerprint density at radius 2 is 2.00 bits per heavy atom. The number of amides is 1. The van der Waals surface area contributed by atoms with Gasteiger partial charge in [0.15, 0.2) is 0 Å². The standard InChI is InChI=1S/C17H34N2O2/c1-6-7-9-14(2)18-12-8-13-19(15-10-11-15)16(20)21-17(3,4)5/h14-15,18H,6-13H2,1-5H3. The SMILES string of the molecule is CCCCC(C)NCCCN(C(=O)OC(C)(C)C)C1CC1. The third kappa shape index (κ3) is 8.30. The van der Waals surface area contributed by atoms with Crippen LogP contribution in [-0.2, 0) is 4.74 Å². The normalized spacial score (nSPS) is 16.6. The van der Waals surface area contributed by atoms with E-state index in [9.17, 15) is 4.79 Å². The number of hydrogen-bond donors (Lipinski definition) is 1. The summed E-state index contributed by atoms with van der Waals surface area (Å²) in [4.78, 5) is 14.1. The number of ether oxygens (including phenoxy) is 1. The Kier molecular flexibility index (Phi) is 7.50. The van der Waals surface area contributed by atoms with Crippen LogP contribution in [0.1, 0.15) is 73.1 Å². The highest BCUT2D eigenvalue weighted by molar-refractivity contribution is 5.69. The maximum atomic E-state index is 12.2. The number of carbonyl (C=O) groups is 1. The highest BCUT2D eigenvalue weighted by Gasteiger charge is 2.34. The molecule has 4 heteroatoms. The van der Waals surface area contributed by atoms with E-state index in [4.69, 9.17) is 4.74 Å². The molecule has 0 aliphatic heterocycles. The van der Waals surface area contributed by atoms with Crippen molar-refractivity contribution < 1.29 is 9.53 Å². The molecule has 1 aliphatic carbocycles. The molecule has 0 aromatic carbocycles. The van der Waals surface area contributed by atoms with Gasteiger partial charge in [0.05, 0.1) is 0 Å². The number of hydrogen-bond acceptors (Lipinski definition) is 3. The van der Waals surface area contributed by atoms with Crippen LogP contribution in [0.4, 0.5) is 4.79 Å². The van der Waals surface area contributed by atoms with E-state index in [1.807, 2.05) is 25.7 Å². The van der Waals surface area contributed by atoms with Gasteiger partial charge in [-0.05, 0) is 59.9 Å². The van der Waals surface area contributed by atoms with Crippen molar-refractivity contribution in [1.82, 2.24) is 10.2 Å². The summed E-state index contributed by atoms with van der Waals surface area (Å²) >= 11 is 0. The van der Waals surface area contributed by atoms with Gasteiger partial charge in [-0.2, -0.15) is 0 Å². The van der Waals surface area contributed by atoms with Gasteiger partial charge in [-0.1, -0.05) is 19.8 Å². The lowest BCUT2D eigenvalue weighted by molar-refractivity contribution is 0.0232. The van der Waals surface area contributed by atoms with E-state index in [0.717, 1.165) is 32.4 Å². The molecule has 1 unspecified atom stereocenters. The van der Waals surface area contributed by atoms with Crippen LogP contribution < -0.4 is 5.32 Å². The average molecular weight is 298 g/mol. The van der Waals surface area contributed by atoms with Crippen LogP contribution in [0, 0.1) is 0 Å². The molecule has 0 aromatic heterocycles. The zero-order valence-electron chi connectivity index (χ0n) is 14.6. The monoisotopic (exact) mass is 298 g/mol. The molecule has 0 heterocycles. The molecule has 1 atom stereocenters. The Labute approximate surface area is 130 Å². The smallest absolute Gasteiger partial charge is 0.410 e. The topological polar surface area (TPSA) is 41.6 Å². The first-order valence-corrected chi connectivity index (χ1v) is 8.56. The predicted octanol–water partition coefficient (Wildman–Crippen LogP) is 3.94. The van der Waals surface area contributed by atoms with E-state index in [1.165, 1.54) is 19.3 Å². The first kappa shape index (κ1) is 18.3. The molecular weight excluding hydrogens is 264 g/mol. The predicted molar refractivity (Wildman–Crippen MR) is 87.6 cm³/mol. The van der Waals surface area contributed by atoms with Crippen LogP contribution in [-0.4, -0.2) is 41.8 Å². The summed E-state index contributed by atoms with van der Waals surface area (Å²) < 4.78 is 5.50. The Bertz CT molecular complexity index is 308. The highest BCUT2D eigenvalue weighted by atomic mass is 16.6. The van der Waals surface area contributed by atoms with Crippen molar-refractivity contribution in [3.8, 4) is 0 Å². The Balaban J connectivity index is 2.24. The van der Waals surface area contributed by atoms with Gasteiger partial charge in [0.2, 0.25) is 0 Å². The molecule has 0 bridgehead atoms. The summed E-state index contributed by atoms with van der Waals surface area (Å²) in [6, 6.07) is 0.984. The zero-order valence-corrected chi connectivity index (χ0v) is 14.6. The third-order valence-electron chi connectivity index (χ3n) is 3.67. The van der Waals surface area contributed by atoms with Crippen LogP contribution in [0.15, 0.2) is 0 Å². The second-order valence-electron chi connectivity index (χ2n) is 7.26. The van der Waals surface area contributed by atoms with Crippen molar-refractivity contribution in [2.24, 2.45) is 0 Å². The summed E-state index contributed by atoms with van der Waals surface area (Å²) in [5.41, 5.74) is -0.406. The van der Waals surface area contributed by atoms with E-state index >= 15 is 0 Å². The molecule has 124 valence electrons. The van der Waals surface area contributed by atoms with Gasteiger partial charge in [0.25, 0.3) is 0 Å². The van der Waals surface area contributed by atoms with Gasteiger partial charge in [-0.25, -0.2) is 4.79 Å². The maximum Gasteiger partial charge on any atom is 0.410 e. The van der Waals surface area contributed by atoms with E-state index in [1.54, 1.807) is 0 Å². The fourth-order valence-corrected chi connectivity index (χ4v) is 2.34. The van der Waals surface area contributed by atoms with E-state index in [0.29, 0.717) is 12.1 Å². The lowest BCUT2D eigenvalue weighted by Gasteiger charge is -2.27. The third-order valence-corrected chi connectivity index (χ3v) is 3.67. The van der Waals surface area contributed by atoms with Gasteiger partial charge < -0.3 is 15.0 Å². The van der Waals surface area contributed by atoms with E-state index in [2.05, 4.69) is 19.2 Å². The summed E-state index contributed by atoms with van der Waals surface area (Å²) in [7, 11) is 0. The first-order chi connectivity index (χ1) is 9.83. The zero-order chi connectivity index (χ0) is 15.9. The minimum Gasteiger partial charge on any atom is -0.444 e. The average Bonchev–Trinajstić information content (AvgIpc) is 3.18. The number of nitrogens with one attached hydrogen (secondary N) is 1. The molecule has 1 amide bonds. The number of nitrogens with zero attached hydrogens (tertiary/aromatic N) is 1. The summed E-state index contributed by atoms with van der Waals surface area (Å²) in [5.74, 6) is 0. The van der Waals surface area contributed by atoms with Gasteiger partial charge in [0.1, 0.15) is 5.60 Å². The minimum absolute atomic E-state index is 0.149. The Hall–Kier alpha value is -0.770. The van der Waals surface area contributed by atoms with Crippen LogP contribution in [0.25, 0.3) is 0 Å². The number of rotatable bonds is 9. The van der Waals surface area contributed by atoms with Crippen LogP contribution in [0.5, 0.6) is 0 Å². The minimum atomic E-state index is -0.406.